The highest BCUT2D eigenvalue weighted by Crippen LogP contribution is 2.19. The van der Waals surface area contributed by atoms with E-state index in [0.717, 1.165) is 0 Å². The lowest BCUT2D eigenvalue weighted by Crippen LogP contribution is -2.14. The molecule has 0 aliphatic carbocycles. The second-order valence-electron chi connectivity index (χ2n) is 4.21. The Labute approximate surface area is 122 Å². The van der Waals surface area contributed by atoms with E-state index in [1.165, 1.54) is 19.1 Å². The van der Waals surface area contributed by atoms with Crippen LogP contribution in [0.4, 0.5) is 0 Å². The SMILES string of the molecule is C=C(C)C(=O)OCOCOCC(OO)c1ccc(O)cc1. The van der Waals surface area contributed by atoms with Crippen LogP contribution in [0.3, 0.4) is 0 Å². The summed E-state index contributed by atoms with van der Waals surface area (Å²) in [5, 5.41) is 18.0. The largest absolute Gasteiger partial charge is 0.508 e. The van der Waals surface area contributed by atoms with Crippen LogP contribution in [0.5, 0.6) is 5.75 Å². The molecule has 1 aromatic carbocycles. The Morgan fingerprint density at radius 1 is 1.24 bits per heavy atom. The van der Waals surface area contributed by atoms with E-state index in [0.29, 0.717) is 5.56 Å². The zero-order chi connectivity index (χ0) is 15.7. The number of carbonyl (C=O) groups excluding carboxylic acids is 1. The number of hydrogen-bond donors (Lipinski definition) is 2. The maximum Gasteiger partial charge on any atom is 0.335 e. The number of esters is 1. The maximum absolute atomic E-state index is 11.0. The summed E-state index contributed by atoms with van der Waals surface area (Å²) in [6, 6.07) is 6.12. The molecule has 1 aromatic rings. The summed E-state index contributed by atoms with van der Waals surface area (Å²) >= 11 is 0. The molecule has 0 aliphatic rings. The second-order valence-corrected chi connectivity index (χ2v) is 4.21. The summed E-state index contributed by atoms with van der Waals surface area (Å²) < 4.78 is 14.7. The Morgan fingerprint density at radius 3 is 2.48 bits per heavy atom. The predicted molar refractivity (Wildman–Crippen MR) is 72.2 cm³/mol. The molecular formula is C14H18O7. The fraction of sp³-hybridized carbons (Fsp3) is 0.357. The molecule has 21 heavy (non-hydrogen) atoms. The molecule has 1 rings (SSSR count). The first-order valence-corrected chi connectivity index (χ1v) is 6.12. The smallest absolute Gasteiger partial charge is 0.335 e. The van der Waals surface area contributed by atoms with E-state index in [9.17, 15) is 4.79 Å². The summed E-state index contributed by atoms with van der Waals surface area (Å²) in [6.07, 6.45) is -0.716. The van der Waals surface area contributed by atoms with E-state index in [1.54, 1.807) is 12.1 Å². The Morgan fingerprint density at radius 2 is 1.90 bits per heavy atom. The first kappa shape index (κ1) is 17.1. The molecule has 116 valence electrons. The van der Waals surface area contributed by atoms with Crippen LogP contribution >= 0.6 is 0 Å². The minimum absolute atomic E-state index is 0.0235. The van der Waals surface area contributed by atoms with Crippen molar-refractivity contribution in [1.82, 2.24) is 0 Å². The van der Waals surface area contributed by atoms with Crippen molar-refractivity contribution in [3.63, 3.8) is 0 Å². The van der Waals surface area contributed by atoms with Crippen molar-refractivity contribution in [3.8, 4) is 5.75 Å². The maximum atomic E-state index is 11.0. The number of hydrogen-bond acceptors (Lipinski definition) is 7. The minimum Gasteiger partial charge on any atom is -0.508 e. The topological polar surface area (TPSA) is 94.5 Å². The average Bonchev–Trinajstić information content (AvgIpc) is 2.47. The third kappa shape index (κ3) is 6.37. The van der Waals surface area contributed by atoms with Gasteiger partial charge in [-0.05, 0) is 24.6 Å². The van der Waals surface area contributed by atoms with E-state index in [-0.39, 0.29) is 31.5 Å². The monoisotopic (exact) mass is 298 g/mol. The molecule has 0 spiro atoms. The zero-order valence-corrected chi connectivity index (χ0v) is 11.7. The number of aromatic hydroxyl groups is 1. The van der Waals surface area contributed by atoms with Crippen molar-refractivity contribution in [2.45, 2.75) is 13.0 Å². The van der Waals surface area contributed by atoms with Gasteiger partial charge in [0.25, 0.3) is 0 Å². The lowest BCUT2D eigenvalue weighted by atomic mass is 10.1. The molecule has 7 nitrogen and oxygen atoms in total. The van der Waals surface area contributed by atoms with E-state index >= 15 is 0 Å². The summed E-state index contributed by atoms with van der Waals surface area (Å²) in [6.45, 7) is 4.58. The standard InChI is InChI=1S/C14H18O7/c1-10(2)14(16)20-9-19-8-18-7-13(21-17)11-3-5-12(15)6-4-11/h3-6,13,15,17H,1,7-9H2,2H3. The van der Waals surface area contributed by atoms with Gasteiger partial charge >= 0.3 is 5.97 Å². The molecule has 0 saturated carbocycles. The van der Waals surface area contributed by atoms with Crippen LogP contribution in [-0.4, -0.2) is 36.5 Å². The number of carbonyl (C=O) groups is 1. The second kappa shape index (κ2) is 9.09. The van der Waals surface area contributed by atoms with Crippen molar-refractivity contribution in [1.29, 1.82) is 0 Å². The lowest BCUT2D eigenvalue weighted by molar-refractivity contribution is -0.294. The number of phenolic OH excluding ortho intramolecular Hbond substituents is 1. The van der Waals surface area contributed by atoms with Gasteiger partial charge in [0.05, 0.1) is 6.61 Å². The van der Waals surface area contributed by atoms with Gasteiger partial charge in [0.1, 0.15) is 11.9 Å². The third-order valence-electron chi connectivity index (χ3n) is 2.45. The van der Waals surface area contributed by atoms with Gasteiger partial charge in [0, 0.05) is 5.57 Å². The molecule has 2 N–H and O–H groups in total. The molecule has 0 radical (unpaired) electrons. The Bertz CT molecular complexity index is 455. The van der Waals surface area contributed by atoms with Gasteiger partial charge in [0.2, 0.25) is 0 Å². The van der Waals surface area contributed by atoms with Crippen LogP contribution in [0.1, 0.15) is 18.6 Å². The molecule has 0 aliphatic heterocycles. The molecule has 0 fully saturated rings. The van der Waals surface area contributed by atoms with Gasteiger partial charge in [-0.25, -0.2) is 9.68 Å². The van der Waals surface area contributed by atoms with E-state index in [1.807, 2.05) is 0 Å². The fourth-order valence-corrected chi connectivity index (χ4v) is 1.34. The van der Waals surface area contributed by atoms with Gasteiger partial charge in [0.15, 0.2) is 13.6 Å². The van der Waals surface area contributed by atoms with Crippen LogP contribution in [-0.2, 0) is 23.9 Å². The van der Waals surface area contributed by atoms with Gasteiger partial charge in [-0.15, -0.1) is 0 Å². The fourth-order valence-electron chi connectivity index (χ4n) is 1.34. The Kier molecular flexibility index (Phi) is 7.41. The van der Waals surface area contributed by atoms with Crippen molar-refractivity contribution in [3.05, 3.63) is 42.0 Å². The number of rotatable bonds is 9. The average molecular weight is 298 g/mol. The normalized spacial score (nSPS) is 11.9. The third-order valence-corrected chi connectivity index (χ3v) is 2.45. The van der Waals surface area contributed by atoms with Crippen LogP contribution < -0.4 is 0 Å². The summed E-state index contributed by atoms with van der Waals surface area (Å²) in [5.41, 5.74) is 0.907. The van der Waals surface area contributed by atoms with Gasteiger partial charge in [-0.3, -0.25) is 5.26 Å². The summed E-state index contributed by atoms with van der Waals surface area (Å²) in [7, 11) is 0. The van der Waals surface area contributed by atoms with E-state index < -0.39 is 12.1 Å². The molecule has 7 heteroatoms. The number of phenols is 1. The highest BCUT2D eigenvalue weighted by Gasteiger charge is 2.12. The lowest BCUT2D eigenvalue weighted by Gasteiger charge is -2.14. The molecule has 1 unspecified atom stereocenters. The van der Waals surface area contributed by atoms with Crippen LogP contribution in [0.15, 0.2) is 36.4 Å². The van der Waals surface area contributed by atoms with E-state index in [2.05, 4.69) is 16.2 Å². The van der Waals surface area contributed by atoms with Gasteiger partial charge < -0.3 is 19.3 Å². The first-order valence-electron chi connectivity index (χ1n) is 6.12. The molecule has 0 saturated heterocycles. The minimum atomic E-state index is -0.716. The Balaban J connectivity index is 2.22. The quantitative estimate of drug-likeness (QED) is 0.180. The first-order chi connectivity index (χ1) is 10.0. The highest BCUT2D eigenvalue weighted by molar-refractivity contribution is 5.86. The molecule has 1 atom stereocenters. The molecular weight excluding hydrogens is 280 g/mol. The highest BCUT2D eigenvalue weighted by atomic mass is 17.1. The Hall–Kier alpha value is -1.93. The summed E-state index contributed by atoms with van der Waals surface area (Å²) in [5.74, 6) is -0.435. The zero-order valence-electron chi connectivity index (χ0n) is 11.7. The summed E-state index contributed by atoms with van der Waals surface area (Å²) in [4.78, 5) is 15.3. The number of benzene rings is 1. The van der Waals surface area contributed by atoms with Crippen molar-refractivity contribution >= 4 is 5.97 Å². The van der Waals surface area contributed by atoms with Crippen LogP contribution in [0.25, 0.3) is 0 Å². The van der Waals surface area contributed by atoms with Gasteiger partial charge in [-0.1, -0.05) is 18.7 Å². The van der Waals surface area contributed by atoms with Crippen molar-refractivity contribution in [2.24, 2.45) is 0 Å². The molecule has 0 amide bonds. The number of ether oxygens (including phenoxy) is 3. The van der Waals surface area contributed by atoms with Crippen molar-refractivity contribution < 1.29 is 34.3 Å². The van der Waals surface area contributed by atoms with Crippen molar-refractivity contribution in [2.75, 3.05) is 20.2 Å². The van der Waals surface area contributed by atoms with Gasteiger partial charge in [-0.2, -0.15) is 0 Å². The molecule has 0 bridgehead atoms. The molecule has 0 aromatic heterocycles. The predicted octanol–water partition coefficient (Wildman–Crippen LogP) is 1.99. The van der Waals surface area contributed by atoms with Crippen LogP contribution in [0.2, 0.25) is 0 Å². The van der Waals surface area contributed by atoms with Crippen LogP contribution in [0, 0.1) is 0 Å². The molecule has 0 heterocycles. The van der Waals surface area contributed by atoms with E-state index in [4.69, 9.17) is 19.8 Å².